The lowest BCUT2D eigenvalue weighted by Gasteiger charge is -2.12. The second-order valence-electron chi connectivity index (χ2n) is 6.63. The Balaban J connectivity index is 1.91. The molecule has 7 heteroatoms. The van der Waals surface area contributed by atoms with Crippen molar-refractivity contribution in [3.05, 3.63) is 106 Å². The summed E-state index contributed by atoms with van der Waals surface area (Å²) in [6.45, 7) is 1.42. The van der Waals surface area contributed by atoms with Crippen LogP contribution in [0.15, 0.2) is 78.5 Å². The predicted molar refractivity (Wildman–Crippen MR) is 118 cm³/mol. The molecule has 3 aromatic carbocycles. The van der Waals surface area contributed by atoms with Gasteiger partial charge in [0.2, 0.25) is 0 Å². The molecule has 0 saturated carbocycles. The van der Waals surface area contributed by atoms with E-state index >= 15 is 0 Å². The van der Waals surface area contributed by atoms with Crippen molar-refractivity contribution in [2.45, 2.75) is 6.92 Å². The van der Waals surface area contributed by atoms with Crippen molar-refractivity contribution in [3.8, 4) is 0 Å². The summed E-state index contributed by atoms with van der Waals surface area (Å²) in [4.78, 5) is 37.2. The van der Waals surface area contributed by atoms with E-state index in [0.29, 0.717) is 16.8 Å². The molecule has 3 aromatic rings. The summed E-state index contributed by atoms with van der Waals surface area (Å²) in [5, 5.41) is 5.45. The van der Waals surface area contributed by atoms with E-state index in [0.717, 1.165) is 0 Å². The first kappa shape index (κ1) is 21.9. The number of amides is 2. The Morgan fingerprint density at radius 2 is 1.65 bits per heavy atom. The van der Waals surface area contributed by atoms with Crippen molar-refractivity contribution in [1.29, 1.82) is 0 Å². The van der Waals surface area contributed by atoms with Crippen LogP contribution in [0.5, 0.6) is 0 Å². The SMILES string of the molecule is CC(=O)c1cccc(NC(=O)/C(=C/c2ccc(F)cc2)NC(=O)c2ccccc2Cl)c1. The monoisotopic (exact) mass is 436 g/mol. The summed E-state index contributed by atoms with van der Waals surface area (Å²) in [7, 11) is 0. The summed E-state index contributed by atoms with van der Waals surface area (Å²) < 4.78 is 13.2. The first-order valence-electron chi connectivity index (χ1n) is 9.29. The normalized spacial score (nSPS) is 11.0. The minimum Gasteiger partial charge on any atom is -0.321 e. The molecule has 0 aromatic heterocycles. The molecule has 0 aliphatic carbocycles. The summed E-state index contributed by atoms with van der Waals surface area (Å²) in [5.74, 6) is -1.77. The van der Waals surface area contributed by atoms with Crippen LogP contribution in [0.3, 0.4) is 0 Å². The molecule has 31 heavy (non-hydrogen) atoms. The summed E-state index contributed by atoms with van der Waals surface area (Å²) >= 11 is 6.08. The van der Waals surface area contributed by atoms with Gasteiger partial charge in [0.25, 0.3) is 11.8 Å². The van der Waals surface area contributed by atoms with Crippen molar-refractivity contribution >= 4 is 41.0 Å². The maximum Gasteiger partial charge on any atom is 0.272 e. The van der Waals surface area contributed by atoms with Crippen molar-refractivity contribution in [1.82, 2.24) is 5.32 Å². The zero-order chi connectivity index (χ0) is 22.4. The van der Waals surface area contributed by atoms with Crippen molar-refractivity contribution in [2.24, 2.45) is 0 Å². The molecule has 0 saturated heterocycles. The van der Waals surface area contributed by atoms with E-state index in [-0.39, 0.29) is 22.1 Å². The highest BCUT2D eigenvalue weighted by Crippen LogP contribution is 2.17. The van der Waals surface area contributed by atoms with E-state index in [1.165, 1.54) is 49.4 Å². The van der Waals surface area contributed by atoms with Gasteiger partial charge in [0.1, 0.15) is 11.5 Å². The molecule has 0 aliphatic heterocycles. The van der Waals surface area contributed by atoms with Gasteiger partial charge in [-0.25, -0.2) is 4.39 Å². The number of halogens is 2. The quantitative estimate of drug-likeness (QED) is 0.417. The molecule has 0 heterocycles. The molecule has 0 unspecified atom stereocenters. The zero-order valence-electron chi connectivity index (χ0n) is 16.5. The molecule has 0 aliphatic rings. The van der Waals surface area contributed by atoms with Crippen molar-refractivity contribution < 1.29 is 18.8 Å². The summed E-state index contributed by atoms with van der Waals surface area (Å²) in [6, 6.07) is 18.3. The second kappa shape index (κ2) is 9.82. The van der Waals surface area contributed by atoms with E-state index in [2.05, 4.69) is 10.6 Å². The van der Waals surface area contributed by atoms with Gasteiger partial charge in [-0.3, -0.25) is 14.4 Å². The number of carbonyl (C=O) groups excluding carboxylic acids is 3. The third-order valence-electron chi connectivity index (χ3n) is 4.32. The number of anilines is 1. The molecule has 2 N–H and O–H groups in total. The molecule has 5 nitrogen and oxygen atoms in total. The molecule has 0 bridgehead atoms. The van der Waals surface area contributed by atoms with Crippen molar-refractivity contribution in [2.75, 3.05) is 5.32 Å². The Bertz CT molecular complexity index is 1170. The van der Waals surface area contributed by atoms with Gasteiger partial charge < -0.3 is 10.6 Å². The first-order chi connectivity index (χ1) is 14.8. The summed E-state index contributed by atoms with van der Waals surface area (Å²) in [5.41, 5.74) is 1.44. The fourth-order valence-corrected chi connectivity index (χ4v) is 2.95. The molecule has 3 rings (SSSR count). The minimum absolute atomic E-state index is 0.0789. The number of rotatable bonds is 6. The van der Waals surface area contributed by atoms with Crippen LogP contribution in [-0.4, -0.2) is 17.6 Å². The fraction of sp³-hybridized carbons (Fsp3) is 0.0417. The van der Waals surface area contributed by atoms with Gasteiger partial charge in [-0.05, 0) is 55.0 Å². The predicted octanol–water partition coefficient (Wildman–Crippen LogP) is 5.09. The van der Waals surface area contributed by atoms with E-state index < -0.39 is 17.6 Å². The number of benzene rings is 3. The van der Waals surface area contributed by atoms with E-state index in [9.17, 15) is 18.8 Å². The third kappa shape index (κ3) is 5.87. The molecule has 0 atom stereocenters. The Kier molecular flexibility index (Phi) is 6.95. The van der Waals surface area contributed by atoms with Crippen LogP contribution in [0.25, 0.3) is 6.08 Å². The smallest absolute Gasteiger partial charge is 0.272 e. The molecule has 0 radical (unpaired) electrons. The number of ketones is 1. The maximum absolute atomic E-state index is 13.2. The van der Waals surface area contributed by atoms with Gasteiger partial charge >= 0.3 is 0 Å². The molecule has 2 amide bonds. The molecule has 156 valence electrons. The Labute approximate surface area is 183 Å². The van der Waals surface area contributed by atoms with Crippen LogP contribution in [0.1, 0.15) is 33.2 Å². The van der Waals surface area contributed by atoms with Crippen LogP contribution < -0.4 is 10.6 Å². The number of nitrogens with one attached hydrogen (secondary N) is 2. The zero-order valence-corrected chi connectivity index (χ0v) is 17.2. The minimum atomic E-state index is -0.620. The Morgan fingerprint density at radius 1 is 0.935 bits per heavy atom. The lowest BCUT2D eigenvalue weighted by molar-refractivity contribution is -0.113. The largest absolute Gasteiger partial charge is 0.321 e. The number of carbonyl (C=O) groups is 3. The first-order valence-corrected chi connectivity index (χ1v) is 9.67. The molecule has 0 spiro atoms. The average Bonchev–Trinajstić information content (AvgIpc) is 2.75. The highest BCUT2D eigenvalue weighted by molar-refractivity contribution is 6.34. The number of Topliss-reactive ketones (excluding diaryl/α,β-unsaturated/α-hetero) is 1. The van der Waals surface area contributed by atoms with E-state index in [1.807, 2.05) is 0 Å². The van der Waals surface area contributed by atoms with Crippen LogP contribution in [0, 0.1) is 5.82 Å². The number of hydrogen-bond donors (Lipinski definition) is 2. The van der Waals surface area contributed by atoms with Crippen molar-refractivity contribution in [3.63, 3.8) is 0 Å². The maximum atomic E-state index is 13.2. The topological polar surface area (TPSA) is 75.3 Å². The molecule has 0 fully saturated rings. The van der Waals surface area contributed by atoms with Crippen LogP contribution in [0.4, 0.5) is 10.1 Å². The highest BCUT2D eigenvalue weighted by Gasteiger charge is 2.17. The lowest BCUT2D eigenvalue weighted by Crippen LogP contribution is -2.31. The second-order valence-corrected chi connectivity index (χ2v) is 7.04. The van der Waals surface area contributed by atoms with Gasteiger partial charge in [-0.15, -0.1) is 0 Å². The molecular formula is C24H18ClFN2O3. The molecular weight excluding hydrogens is 419 g/mol. The lowest BCUT2D eigenvalue weighted by atomic mass is 10.1. The van der Waals surface area contributed by atoms with E-state index in [4.69, 9.17) is 11.6 Å². The Morgan fingerprint density at radius 3 is 2.32 bits per heavy atom. The average molecular weight is 437 g/mol. The third-order valence-corrected chi connectivity index (χ3v) is 4.65. The standard InChI is InChI=1S/C24H18ClFN2O3/c1-15(29)17-5-4-6-19(14-17)27-24(31)22(13-16-9-11-18(26)12-10-16)28-23(30)20-7-2-3-8-21(20)25/h2-14H,1H3,(H,27,31)(H,28,30)/b22-13-. The summed E-state index contributed by atoms with van der Waals surface area (Å²) in [6.07, 6.45) is 1.42. The Hall–Kier alpha value is -3.77. The highest BCUT2D eigenvalue weighted by atomic mass is 35.5. The van der Waals surface area contributed by atoms with Gasteiger partial charge in [0.15, 0.2) is 5.78 Å². The number of hydrogen-bond acceptors (Lipinski definition) is 3. The van der Waals surface area contributed by atoms with Crippen LogP contribution in [0.2, 0.25) is 5.02 Å². The fourth-order valence-electron chi connectivity index (χ4n) is 2.73. The van der Waals surface area contributed by atoms with Gasteiger partial charge in [0, 0.05) is 11.3 Å². The van der Waals surface area contributed by atoms with Gasteiger partial charge in [-0.2, -0.15) is 0 Å². The van der Waals surface area contributed by atoms with Gasteiger partial charge in [0.05, 0.1) is 10.6 Å². The van der Waals surface area contributed by atoms with Gasteiger partial charge in [-0.1, -0.05) is 48.0 Å². The van der Waals surface area contributed by atoms with Crippen LogP contribution >= 0.6 is 11.6 Å². The van der Waals surface area contributed by atoms with E-state index in [1.54, 1.807) is 36.4 Å². The van der Waals surface area contributed by atoms with Crippen LogP contribution in [-0.2, 0) is 4.79 Å².